The predicted molar refractivity (Wildman–Crippen MR) is 16.5 cm³/mol. The average Bonchev–Trinajstić information content (AvgIpc) is 0.811. The first-order valence-electron chi connectivity index (χ1n) is 0.705. The van der Waals surface area contributed by atoms with E-state index in [9.17, 15) is 0 Å². The summed E-state index contributed by atoms with van der Waals surface area (Å²) in [6.07, 6.45) is 0. The van der Waals surface area contributed by atoms with Gasteiger partial charge >= 0.3 is 16.5 Å². The van der Waals surface area contributed by atoms with E-state index in [4.69, 9.17) is 10.3 Å². The Morgan fingerprint density at radius 1 is 1.40 bits per heavy atom. The summed E-state index contributed by atoms with van der Waals surface area (Å²) in [5.74, 6) is 0. The normalized spacial score (nSPS) is 8.60. The van der Waals surface area contributed by atoms with Crippen LogP contribution in [0.4, 0.5) is 0 Å². The van der Waals surface area contributed by atoms with Gasteiger partial charge in [0.05, 0.1) is 0 Å². The van der Waals surface area contributed by atoms with Gasteiger partial charge in [-0.25, -0.2) is 0 Å². The number of hydrogen-bond acceptors (Lipinski definition) is 2. The van der Waals surface area contributed by atoms with Crippen LogP contribution < -0.4 is 5.50 Å². The molecule has 0 saturated heterocycles. The second-order valence-corrected chi connectivity index (χ2v) is 1.11. The Morgan fingerprint density at radius 2 is 1.40 bits per heavy atom. The van der Waals surface area contributed by atoms with Crippen molar-refractivity contribution in [1.82, 2.24) is 0 Å². The molecule has 0 aliphatic carbocycles. The van der Waals surface area contributed by atoms with Crippen LogP contribution >= 0.6 is 7.66 Å². The first-order chi connectivity index (χ1) is 1.73. The summed E-state index contributed by atoms with van der Waals surface area (Å²) in [7, 11) is -1.62. The molecular formula is H4N3NiP+2. The topological polar surface area (TPSA) is 73.7 Å². The van der Waals surface area contributed by atoms with Crippen LogP contribution in [0, 0.1) is 10.3 Å². The van der Waals surface area contributed by atoms with Gasteiger partial charge in [0.1, 0.15) is 7.66 Å². The van der Waals surface area contributed by atoms with E-state index in [1.165, 1.54) is 0 Å². The molecule has 0 unspecified atom stereocenters. The fourth-order valence-electron chi connectivity index (χ4n) is 0. The van der Waals surface area contributed by atoms with E-state index >= 15 is 0 Å². The van der Waals surface area contributed by atoms with Crippen LogP contribution in [-0.2, 0) is 16.5 Å². The molecule has 3 nitrogen and oxygen atoms in total. The largest absolute Gasteiger partial charge is 2.00 e. The van der Waals surface area contributed by atoms with Gasteiger partial charge in [0.2, 0.25) is 0 Å². The maximum absolute atomic E-state index is 6.09. The Labute approximate surface area is 40.7 Å². The third kappa shape index (κ3) is 193. The van der Waals surface area contributed by atoms with Gasteiger partial charge in [0.25, 0.3) is 0 Å². The van der Waals surface area contributed by atoms with E-state index in [1.54, 1.807) is 0 Å². The van der Waals surface area contributed by atoms with E-state index in [0.29, 0.717) is 0 Å². The summed E-state index contributed by atoms with van der Waals surface area (Å²) in [5, 5.41) is 12.2. The second kappa shape index (κ2) is 4.35. The smallest absolute Gasteiger partial charge is 0.260 e. The van der Waals surface area contributed by atoms with Gasteiger partial charge in [-0.1, -0.05) is 0 Å². The van der Waals surface area contributed by atoms with Gasteiger partial charge < -0.3 is 0 Å². The molecule has 0 atom stereocenters. The summed E-state index contributed by atoms with van der Waals surface area (Å²) >= 11 is 0. The van der Waals surface area contributed by atoms with Crippen LogP contribution in [0.2, 0.25) is 0 Å². The monoisotopic (exact) mass is 135 g/mol. The zero-order valence-corrected chi connectivity index (χ0v) is 4.22. The van der Waals surface area contributed by atoms with Crippen molar-refractivity contribution in [2.24, 2.45) is 5.50 Å². The SMILES string of the molecule is N=P(=N)N.[Ni+2]. The molecule has 32 valence electrons. The van der Waals surface area contributed by atoms with Crippen molar-refractivity contribution in [2.75, 3.05) is 0 Å². The molecule has 0 aromatic heterocycles. The standard InChI is InChI=1S/H4N3P.Ni/c1-4(2)3;/h(H4,1,2,3);/q;+2. The summed E-state index contributed by atoms with van der Waals surface area (Å²) in [6, 6.07) is 0. The van der Waals surface area contributed by atoms with Crippen LogP contribution in [0.3, 0.4) is 0 Å². The molecule has 0 amide bonds. The summed E-state index contributed by atoms with van der Waals surface area (Å²) in [4.78, 5) is 0. The van der Waals surface area contributed by atoms with Crippen molar-refractivity contribution in [1.29, 1.82) is 10.3 Å². The minimum absolute atomic E-state index is 0. The van der Waals surface area contributed by atoms with Crippen molar-refractivity contribution in [3.05, 3.63) is 0 Å². The maximum Gasteiger partial charge on any atom is 2.00 e. The average molecular weight is 136 g/mol. The van der Waals surface area contributed by atoms with Gasteiger partial charge in [-0.15, -0.1) is 0 Å². The molecule has 0 aromatic rings. The zero-order chi connectivity index (χ0) is 3.58. The van der Waals surface area contributed by atoms with Crippen LogP contribution in [0.1, 0.15) is 0 Å². The molecule has 0 aliphatic heterocycles. The number of hydrogen-bond donors (Lipinski definition) is 3. The molecule has 0 spiro atoms. The third-order valence-electron chi connectivity index (χ3n) is 0. The number of nitrogens with one attached hydrogen (secondary N) is 2. The van der Waals surface area contributed by atoms with Gasteiger partial charge in [0, 0.05) is 0 Å². The molecule has 0 radical (unpaired) electrons. The molecule has 0 fully saturated rings. The Bertz CT molecular complexity index is 55.3. The molecule has 0 heterocycles. The van der Waals surface area contributed by atoms with E-state index in [2.05, 4.69) is 5.50 Å². The van der Waals surface area contributed by atoms with Gasteiger partial charge in [-0.2, -0.15) is 0 Å². The fourth-order valence-corrected chi connectivity index (χ4v) is 0. The first-order valence-corrected chi connectivity index (χ1v) is 2.12. The molecule has 0 saturated carbocycles. The zero-order valence-electron chi connectivity index (χ0n) is 2.34. The van der Waals surface area contributed by atoms with Crippen molar-refractivity contribution < 1.29 is 16.5 Å². The summed E-state index contributed by atoms with van der Waals surface area (Å²) in [6.45, 7) is 0. The van der Waals surface area contributed by atoms with Gasteiger partial charge in [0.15, 0.2) is 0 Å². The molecule has 0 bridgehead atoms. The fraction of sp³-hybridized carbons (Fsp3) is 0. The number of rotatable bonds is 0. The predicted octanol–water partition coefficient (Wildman–Crippen LogP) is 0.864. The van der Waals surface area contributed by atoms with Crippen LogP contribution in [0.25, 0.3) is 0 Å². The van der Waals surface area contributed by atoms with E-state index < -0.39 is 7.66 Å². The van der Waals surface area contributed by atoms with Crippen LogP contribution in [0.15, 0.2) is 0 Å². The van der Waals surface area contributed by atoms with Crippen molar-refractivity contribution in [3.8, 4) is 0 Å². The van der Waals surface area contributed by atoms with Crippen molar-refractivity contribution in [2.45, 2.75) is 0 Å². The molecule has 0 rings (SSSR count). The van der Waals surface area contributed by atoms with E-state index in [1.807, 2.05) is 0 Å². The van der Waals surface area contributed by atoms with Crippen LogP contribution in [-0.4, -0.2) is 0 Å². The first kappa shape index (κ1) is 9.02. The molecule has 5 heavy (non-hydrogen) atoms. The second-order valence-electron chi connectivity index (χ2n) is 0.370. The Hall–Kier alpha value is 0.354. The van der Waals surface area contributed by atoms with Crippen LogP contribution in [0.5, 0.6) is 0 Å². The van der Waals surface area contributed by atoms with E-state index in [0.717, 1.165) is 0 Å². The van der Waals surface area contributed by atoms with Crippen molar-refractivity contribution in [3.63, 3.8) is 0 Å². The summed E-state index contributed by atoms with van der Waals surface area (Å²) in [5.41, 5.74) is 4.51. The van der Waals surface area contributed by atoms with E-state index in [-0.39, 0.29) is 16.5 Å². The summed E-state index contributed by atoms with van der Waals surface area (Å²) < 4.78 is 0. The Kier molecular flexibility index (Phi) is 7.86. The molecule has 0 aromatic carbocycles. The third-order valence-corrected chi connectivity index (χ3v) is 0. The van der Waals surface area contributed by atoms with Crippen molar-refractivity contribution >= 4 is 7.66 Å². The van der Waals surface area contributed by atoms with Gasteiger partial charge in [-0.3, -0.25) is 15.8 Å². The van der Waals surface area contributed by atoms with Gasteiger partial charge in [-0.05, 0) is 0 Å². The molecule has 4 N–H and O–H groups in total. The molecule has 0 aliphatic rings. The Morgan fingerprint density at radius 3 is 1.40 bits per heavy atom. The molecule has 5 heteroatoms. The molecular weight excluding hydrogens is 132 g/mol. The number of nitrogens with two attached hydrogens (primary N) is 1. The minimum atomic E-state index is -1.62. The Balaban J connectivity index is 0. The minimum Gasteiger partial charge on any atom is -0.260 e. The maximum atomic E-state index is 6.09. The quantitative estimate of drug-likeness (QED) is 0.335.